The minimum absolute atomic E-state index is 0.0347. The van der Waals surface area contributed by atoms with Crippen molar-refractivity contribution in [1.29, 1.82) is 0 Å². The van der Waals surface area contributed by atoms with Crippen molar-refractivity contribution in [2.75, 3.05) is 6.61 Å². The van der Waals surface area contributed by atoms with Crippen molar-refractivity contribution in [2.45, 2.75) is 20.8 Å². The molecule has 0 N–H and O–H groups in total. The zero-order valence-corrected chi connectivity index (χ0v) is 11.1. The Bertz CT molecular complexity index is 289. The highest BCUT2D eigenvalue weighted by molar-refractivity contribution is 6.59. The van der Waals surface area contributed by atoms with Crippen LogP contribution in [0.3, 0.4) is 0 Å². The Morgan fingerprint density at radius 2 is 1.87 bits per heavy atom. The number of rotatable bonds is 4. The zero-order chi connectivity index (χ0) is 12.1. The molecule has 0 radical (unpaired) electrons. The molecule has 0 rings (SSSR count). The van der Waals surface area contributed by atoms with Crippen molar-refractivity contribution in [3.63, 3.8) is 0 Å². The van der Waals surface area contributed by atoms with Gasteiger partial charge in [-0.3, -0.25) is 4.79 Å². The molecule has 0 amide bonds. The van der Waals surface area contributed by atoms with E-state index in [1.54, 1.807) is 26.8 Å². The van der Waals surface area contributed by atoms with Crippen LogP contribution < -0.4 is 0 Å². The number of carbonyl (C=O) groups is 1. The fourth-order valence-corrected chi connectivity index (χ4v) is 0.919. The molecular formula is C10H13Cl3O2. The summed E-state index contributed by atoms with van der Waals surface area (Å²) in [5.41, 5.74) is -0.751. The van der Waals surface area contributed by atoms with E-state index in [4.69, 9.17) is 39.5 Å². The Balaban J connectivity index is 4.64. The molecule has 0 saturated carbocycles. The van der Waals surface area contributed by atoms with E-state index < -0.39 is 5.41 Å². The highest BCUT2D eigenvalue weighted by Crippen LogP contribution is 2.24. The third kappa shape index (κ3) is 5.45. The molecule has 86 valence electrons. The molecule has 0 aliphatic rings. The van der Waals surface area contributed by atoms with Crippen molar-refractivity contribution < 1.29 is 9.53 Å². The van der Waals surface area contributed by atoms with Gasteiger partial charge in [-0.2, -0.15) is 0 Å². The number of ether oxygens (including phenoxy) is 1. The van der Waals surface area contributed by atoms with Crippen LogP contribution in [0.25, 0.3) is 0 Å². The van der Waals surface area contributed by atoms with E-state index in [1.807, 2.05) is 0 Å². The highest BCUT2D eigenvalue weighted by Gasteiger charge is 2.25. The third-order valence-electron chi connectivity index (χ3n) is 1.63. The molecule has 0 bridgehead atoms. The first kappa shape index (κ1) is 14.8. The van der Waals surface area contributed by atoms with E-state index >= 15 is 0 Å². The van der Waals surface area contributed by atoms with Gasteiger partial charge in [0.15, 0.2) is 0 Å². The van der Waals surface area contributed by atoms with Crippen molar-refractivity contribution in [2.24, 2.45) is 5.41 Å². The summed E-state index contributed by atoms with van der Waals surface area (Å²) in [6.45, 7) is 5.53. The van der Waals surface area contributed by atoms with E-state index in [0.29, 0.717) is 6.61 Å². The normalized spacial score (nSPS) is 11.6. The van der Waals surface area contributed by atoms with Crippen molar-refractivity contribution in [3.8, 4) is 0 Å². The topological polar surface area (TPSA) is 26.3 Å². The molecule has 0 aromatic carbocycles. The largest absolute Gasteiger partial charge is 0.465 e. The van der Waals surface area contributed by atoms with Crippen LogP contribution in [-0.4, -0.2) is 12.6 Å². The smallest absolute Gasteiger partial charge is 0.315 e. The van der Waals surface area contributed by atoms with Gasteiger partial charge in [0.2, 0.25) is 0 Å². The standard InChI is InChI=1S/C10H13Cl3O2/c1-4-15-9(14)10(2,3)6-5-7(11)8(12)13/h5-6H,4H2,1-3H3/b6-5+. The summed E-state index contributed by atoms with van der Waals surface area (Å²) in [4.78, 5) is 11.4. The number of allylic oxidation sites excluding steroid dienone is 2. The average molecular weight is 272 g/mol. The maximum absolute atomic E-state index is 11.4. The maximum atomic E-state index is 11.4. The van der Waals surface area contributed by atoms with E-state index in [1.165, 1.54) is 6.08 Å². The summed E-state index contributed by atoms with van der Waals surface area (Å²) in [7, 11) is 0. The summed E-state index contributed by atoms with van der Waals surface area (Å²) in [5.74, 6) is -0.323. The number of esters is 1. The molecule has 0 atom stereocenters. The summed E-state index contributed by atoms with van der Waals surface area (Å²) < 4.78 is 4.85. The van der Waals surface area contributed by atoms with Gasteiger partial charge < -0.3 is 4.74 Å². The maximum Gasteiger partial charge on any atom is 0.315 e. The lowest BCUT2D eigenvalue weighted by Gasteiger charge is -2.17. The second-order valence-electron chi connectivity index (χ2n) is 3.38. The molecule has 0 spiro atoms. The molecule has 0 aromatic rings. The first-order valence-corrected chi connectivity index (χ1v) is 5.52. The number of hydrogen-bond donors (Lipinski definition) is 0. The molecule has 0 aliphatic heterocycles. The molecule has 0 aliphatic carbocycles. The lowest BCUT2D eigenvalue weighted by Crippen LogP contribution is -2.24. The zero-order valence-electron chi connectivity index (χ0n) is 8.81. The van der Waals surface area contributed by atoms with Gasteiger partial charge in [-0.15, -0.1) is 0 Å². The monoisotopic (exact) mass is 270 g/mol. The molecular weight excluding hydrogens is 258 g/mol. The molecule has 15 heavy (non-hydrogen) atoms. The fraction of sp³-hybridized carbons (Fsp3) is 0.500. The Kier molecular flexibility index (Phi) is 6.34. The molecule has 0 fully saturated rings. The van der Waals surface area contributed by atoms with E-state index in [0.717, 1.165) is 0 Å². The molecule has 0 aromatic heterocycles. The number of hydrogen-bond acceptors (Lipinski definition) is 2. The predicted octanol–water partition coefficient (Wildman–Crippen LogP) is 4.02. The van der Waals surface area contributed by atoms with Crippen LogP contribution in [0.5, 0.6) is 0 Å². The summed E-state index contributed by atoms with van der Waals surface area (Å²) in [5, 5.41) is 0.190. The number of halogens is 3. The van der Waals surface area contributed by atoms with Crippen LogP contribution in [0.4, 0.5) is 0 Å². The molecule has 0 unspecified atom stereocenters. The minimum atomic E-state index is -0.751. The quantitative estimate of drug-likeness (QED) is 0.570. The molecule has 0 heterocycles. The predicted molar refractivity (Wildman–Crippen MR) is 64.1 cm³/mol. The van der Waals surface area contributed by atoms with Crippen molar-refractivity contribution >= 4 is 40.8 Å². The molecule has 5 heteroatoms. The summed E-state index contributed by atoms with van der Waals surface area (Å²) in [6, 6.07) is 0. The van der Waals surface area contributed by atoms with Crippen LogP contribution in [0.15, 0.2) is 21.7 Å². The second kappa shape index (κ2) is 6.41. The Labute approximate surface area is 105 Å². The van der Waals surface area contributed by atoms with Gasteiger partial charge in [0.25, 0.3) is 0 Å². The van der Waals surface area contributed by atoms with Crippen molar-refractivity contribution in [1.82, 2.24) is 0 Å². The number of carbonyl (C=O) groups excluding carboxylic acids is 1. The highest BCUT2D eigenvalue weighted by atomic mass is 35.5. The van der Waals surface area contributed by atoms with Gasteiger partial charge in [0.05, 0.1) is 17.1 Å². The van der Waals surface area contributed by atoms with Gasteiger partial charge in [-0.05, 0) is 26.8 Å². The van der Waals surface area contributed by atoms with Crippen LogP contribution in [0, 0.1) is 5.41 Å². The van der Waals surface area contributed by atoms with Gasteiger partial charge in [0, 0.05) is 0 Å². The van der Waals surface area contributed by atoms with Crippen LogP contribution >= 0.6 is 34.8 Å². The van der Waals surface area contributed by atoms with Gasteiger partial charge in [-0.25, -0.2) is 0 Å². The third-order valence-corrected chi connectivity index (χ3v) is 2.54. The van der Waals surface area contributed by atoms with Crippen molar-refractivity contribution in [3.05, 3.63) is 21.7 Å². The Morgan fingerprint density at radius 1 is 1.33 bits per heavy atom. The van der Waals surface area contributed by atoms with E-state index in [9.17, 15) is 4.79 Å². The lowest BCUT2D eigenvalue weighted by atomic mass is 9.93. The van der Waals surface area contributed by atoms with Gasteiger partial charge in [0.1, 0.15) is 4.49 Å². The first-order valence-electron chi connectivity index (χ1n) is 4.38. The van der Waals surface area contributed by atoms with Gasteiger partial charge >= 0.3 is 5.97 Å². The van der Waals surface area contributed by atoms with Gasteiger partial charge in [-0.1, -0.05) is 40.9 Å². The SMILES string of the molecule is CCOC(=O)C(C)(C)/C=C/C(Cl)=C(Cl)Cl. The first-order chi connectivity index (χ1) is 6.81. The fourth-order valence-electron chi connectivity index (χ4n) is 0.730. The summed E-state index contributed by atoms with van der Waals surface area (Å²) in [6.07, 6.45) is 3.08. The van der Waals surface area contributed by atoms with E-state index in [-0.39, 0.29) is 15.5 Å². The average Bonchev–Trinajstić information content (AvgIpc) is 2.14. The molecule has 2 nitrogen and oxygen atoms in total. The molecule has 0 saturated heterocycles. The summed E-state index contributed by atoms with van der Waals surface area (Å²) >= 11 is 16.6. The van der Waals surface area contributed by atoms with Crippen LogP contribution in [0.1, 0.15) is 20.8 Å². The van der Waals surface area contributed by atoms with Crippen LogP contribution in [0.2, 0.25) is 0 Å². The Morgan fingerprint density at radius 3 is 2.27 bits per heavy atom. The van der Waals surface area contributed by atoms with E-state index in [2.05, 4.69) is 0 Å². The second-order valence-corrected chi connectivity index (χ2v) is 4.74. The minimum Gasteiger partial charge on any atom is -0.465 e. The van der Waals surface area contributed by atoms with Crippen LogP contribution in [-0.2, 0) is 9.53 Å². The lowest BCUT2D eigenvalue weighted by molar-refractivity contribution is -0.150. The Hall–Kier alpha value is -0.180.